The van der Waals surface area contributed by atoms with E-state index in [0.29, 0.717) is 5.52 Å². The molecule has 14 heavy (non-hydrogen) atoms. The number of nitrogens with two attached hydrogens (primary N) is 1. The largest absolute Gasteiger partial charge is 0.391 e. The van der Waals surface area contributed by atoms with E-state index < -0.39 is 4.92 Å². The zero-order valence-electron chi connectivity index (χ0n) is 7.47. The average Bonchev–Trinajstić information content (AvgIpc) is 2.44. The van der Waals surface area contributed by atoms with Crippen LogP contribution >= 0.6 is 0 Å². The topological polar surface area (TPSA) is 86.5 Å². The van der Waals surface area contributed by atoms with Crippen LogP contribution in [0.4, 0.5) is 11.8 Å². The van der Waals surface area contributed by atoms with Crippen LogP contribution in [0.25, 0.3) is 5.52 Å². The molecule has 0 fully saturated rings. The van der Waals surface area contributed by atoms with Crippen molar-refractivity contribution in [2.24, 2.45) is 0 Å². The Morgan fingerprint density at radius 3 is 2.93 bits per heavy atom. The molecule has 6 heteroatoms. The molecule has 2 aromatic heterocycles. The van der Waals surface area contributed by atoms with Crippen molar-refractivity contribution >= 4 is 17.3 Å². The van der Waals surface area contributed by atoms with E-state index in [1.807, 2.05) is 6.92 Å². The van der Waals surface area contributed by atoms with Gasteiger partial charge in [0.1, 0.15) is 5.52 Å². The molecule has 2 rings (SSSR count). The van der Waals surface area contributed by atoms with Crippen LogP contribution in [-0.4, -0.2) is 14.3 Å². The monoisotopic (exact) mass is 192 g/mol. The van der Waals surface area contributed by atoms with Gasteiger partial charge in [0.05, 0.1) is 0 Å². The Morgan fingerprint density at radius 1 is 1.57 bits per heavy atom. The molecule has 2 heterocycles. The fourth-order valence-corrected chi connectivity index (χ4v) is 1.33. The first-order chi connectivity index (χ1) is 6.59. The summed E-state index contributed by atoms with van der Waals surface area (Å²) in [4.78, 5) is 13.7. The summed E-state index contributed by atoms with van der Waals surface area (Å²) < 4.78 is 1.51. The number of pyridine rings is 1. The molecule has 0 radical (unpaired) electrons. The van der Waals surface area contributed by atoms with Gasteiger partial charge in [0, 0.05) is 11.2 Å². The van der Waals surface area contributed by atoms with Crippen molar-refractivity contribution in [2.75, 3.05) is 5.73 Å². The third-order valence-electron chi connectivity index (χ3n) is 1.97. The Labute approximate surface area is 79.1 Å². The molecule has 0 amide bonds. The summed E-state index contributed by atoms with van der Waals surface area (Å²) in [6.45, 7) is 1.88. The Bertz CT molecular complexity index is 517. The van der Waals surface area contributed by atoms with Gasteiger partial charge >= 0.3 is 11.8 Å². The maximum Gasteiger partial charge on any atom is 0.391 e. The fraction of sp³-hybridized carbons (Fsp3) is 0.125. The van der Waals surface area contributed by atoms with Crippen molar-refractivity contribution in [1.29, 1.82) is 0 Å². The van der Waals surface area contributed by atoms with Crippen molar-refractivity contribution in [3.05, 3.63) is 34.0 Å². The Morgan fingerprint density at radius 2 is 2.29 bits per heavy atom. The van der Waals surface area contributed by atoms with Gasteiger partial charge in [-0.05, 0) is 23.5 Å². The van der Waals surface area contributed by atoms with Gasteiger partial charge in [0.25, 0.3) is 0 Å². The lowest BCUT2D eigenvalue weighted by Crippen LogP contribution is -1.93. The van der Waals surface area contributed by atoms with Gasteiger partial charge in [0.2, 0.25) is 0 Å². The zero-order chi connectivity index (χ0) is 10.3. The summed E-state index contributed by atoms with van der Waals surface area (Å²) in [7, 11) is 0. The third kappa shape index (κ3) is 1.08. The predicted octanol–water partition coefficient (Wildman–Crippen LogP) is 1.13. The van der Waals surface area contributed by atoms with E-state index >= 15 is 0 Å². The maximum absolute atomic E-state index is 10.6. The second kappa shape index (κ2) is 2.69. The van der Waals surface area contributed by atoms with Crippen LogP contribution in [0.2, 0.25) is 0 Å². The summed E-state index contributed by atoms with van der Waals surface area (Å²) >= 11 is 0. The molecule has 72 valence electrons. The van der Waals surface area contributed by atoms with Gasteiger partial charge in [-0.3, -0.25) is 4.40 Å². The number of hydrogen-bond acceptors (Lipinski definition) is 4. The minimum Gasteiger partial charge on any atom is -0.358 e. The summed E-state index contributed by atoms with van der Waals surface area (Å²) in [5.74, 6) is -0.0714. The fourth-order valence-electron chi connectivity index (χ4n) is 1.33. The minimum absolute atomic E-state index is 0.135. The SMILES string of the molecule is Cc1ccc2c([N+](=O)[O-])nc(N)n2c1. The molecule has 0 atom stereocenters. The molecule has 0 aliphatic carbocycles. The first kappa shape index (κ1) is 8.49. The van der Waals surface area contributed by atoms with E-state index in [-0.39, 0.29) is 11.8 Å². The highest BCUT2D eigenvalue weighted by atomic mass is 16.6. The first-order valence-corrected chi connectivity index (χ1v) is 3.98. The number of fused-ring (bicyclic) bond motifs is 1. The maximum atomic E-state index is 10.6. The first-order valence-electron chi connectivity index (χ1n) is 3.98. The van der Waals surface area contributed by atoms with Crippen LogP contribution in [-0.2, 0) is 0 Å². The quantitative estimate of drug-likeness (QED) is 0.542. The number of anilines is 1. The standard InChI is InChI=1S/C8H8N4O2/c1-5-2-3-6-7(12(13)14)10-8(9)11(6)4-5/h2-4H,1H3,(H2,9,10). The van der Waals surface area contributed by atoms with E-state index in [1.54, 1.807) is 18.3 Å². The number of aryl methyl sites for hydroxylation is 1. The highest BCUT2D eigenvalue weighted by Gasteiger charge is 2.19. The average molecular weight is 192 g/mol. The van der Waals surface area contributed by atoms with Gasteiger partial charge < -0.3 is 15.8 Å². The van der Waals surface area contributed by atoms with Crippen molar-refractivity contribution in [1.82, 2.24) is 9.38 Å². The second-order valence-electron chi connectivity index (χ2n) is 3.01. The second-order valence-corrected chi connectivity index (χ2v) is 3.01. The van der Waals surface area contributed by atoms with Gasteiger partial charge in [0.15, 0.2) is 0 Å². The molecule has 0 aliphatic rings. The van der Waals surface area contributed by atoms with Crippen molar-refractivity contribution in [3.63, 3.8) is 0 Å². The van der Waals surface area contributed by atoms with Crippen LogP contribution in [0.15, 0.2) is 18.3 Å². The van der Waals surface area contributed by atoms with Gasteiger partial charge in [-0.1, -0.05) is 6.07 Å². The van der Waals surface area contributed by atoms with E-state index in [4.69, 9.17) is 5.73 Å². The Kier molecular flexibility index (Phi) is 1.63. The van der Waals surface area contributed by atoms with E-state index in [2.05, 4.69) is 4.98 Å². The Hall–Kier alpha value is -2.11. The molecule has 6 nitrogen and oxygen atoms in total. The number of rotatable bonds is 1. The molecule has 0 saturated carbocycles. The summed E-state index contributed by atoms with van der Waals surface area (Å²) in [6.07, 6.45) is 1.71. The van der Waals surface area contributed by atoms with Crippen molar-refractivity contribution < 1.29 is 4.92 Å². The molecule has 0 saturated heterocycles. The summed E-state index contributed by atoms with van der Waals surface area (Å²) in [5.41, 5.74) is 6.91. The third-order valence-corrected chi connectivity index (χ3v) is 1.97. The van der Waals surface area contributed by atoms with E-state index in [0.717, 1.165) is 5.56 Å². The lowest BCUT2D eigenvalue weighted by atomic mass is 10.3. The molecule has 0 unspecified atom stereocenters. The van der Waals surface area contributed by atoms with Crippen molar-refractivity contribution in [3.8, 4) is 0 Å². The van der Waals surface area contributed by atoms with E-state index in [9.17, 15) is 10.1 Å². The number of nitro groups is 1. The number of nitrogens with zero attached hydrogens (tertiary/aromatic N) is 3. The molecular weight excluding hydrogens is 184 g/mol. The lowest BCUT2D eigenvalue weighted by molar-refractivity contribution is -0.387. The van der Waals surface area contributed by atoms with Crippen molar-refractivity contribution in [2.45, 2.75) is 6.92 Å². The molecular formula is C8H8N4O2. The molecule has 0 bridgehead atoms. The highest BCUT2D eigenvalue weighted by Crippen LogP contribution is 2.21. The molecule has 2 aromatic rings. The normalized spacial score (nSPS) is 10.6. The van der Waals surface area contributed by atoms with E-state index in [1.165, 1.54) is 4.40 Å². The van der Waals surface area contributed by atoms with Crippen LogP contribution in [0.1, 0.15) is 5.56 Å². The molecule has 2 N–H and O–H groups in total. The van der Waals surface area contributed by atoms with Gasteiger partial charge in [-0.2, -0.15) is 0 Å². The van der Waals surface area contributed by atoms with Crippen LogP contribution in [0.3, 0.4) is 0 Å². The smallest absolute Gasteiger partial charge is 0.358 e. The van der Waals surface area contributed by atoms with Crippen LogP contribution < -0.4 is 5.73 Å². The molecule has 0 aliphatic heterocycles. The number of imidazole rings is 1. The lowest BCUT2D eigenvalue weighted by Gasteiger charge is -1.95. The zero-order valence-corrected chi connectivity index (χ0v) is 7.47. The number of nitrogen functional groups attached to an aromatic ring is 1. The summed E-state index contributed by atoms with van der Waals surface area (Å²) in [6, 6.07) is 3.42. The number of hydrogen-bond donors (Lipinski definition) is 1. The van der Waals surface area contributed by atoms with Crippen LogP contribution in [0.5, 0.6) is 0 Å². The van der Waals surface area contributed by atoms with Gasteiger partial charge in [-0.25, -0.2) is 0 Å². The predicted molar refractivity (Wildman–Crippen MR) is 51.0 cm³/mol. The molecule has 0 aromatic carbocycles. The number of aromatic nitrogens is 2. The Balaban J connectivity index is 2.84. The summed E-state index contributed by atoms with van der Waals surface area (Å²) in [5, 5.41) is 10.6. The van der Waals surface area contributed by atoms with Crippen LogP contribution in [0, 0.1) is 17.0 Å². The molecule has 0 spiro atoms. The highest BCUT2D eigenvalue weighted by molar-refractivity contribution is 5.65. The minimum atomic E-state index is -0.541. The van der Waals surface area contributed by atoms with Gasteiger partial charge in [-0.15, -0.1) is 0 Å².